The lowest BCUT2D eigenvalue weighted by molar-refractivity contribution is 0.239. The van der Waals surface area contributed by atoms with Gasteiger partial charge in [0.15, 0.2) is 0 Å². The summed E-state index contributed by atoms with van der Waals surface area (Å²) in [6, 6.07) is 3.20. The van der Waals surface area contributed by atoms with Crippen LogP contribution in [-0.4, -0.2) is 25.3 Å². The summed E-state index contributed by atoms with van der Waals surface area (Å²) in [7, 11) is -3.54. The van der Waals surface area contributed by atoms with Gasteiger partial charge in [0.05, 0.1) is 4.90 Å². The molecule has 21 heavy (non-hydrogen) atoms. The van der Waals surface area contributed by atoms with Crippen LogP contribution in [0.2, 0.25) is 5.02 Å². The van der Waals surface area contributed by atoms with E-state index in [0.29, 0.717) is 22.8 Å². The predicted octanol–water partition coefficient (Wildman–Crippen LogP) is 3.57. The SMILES string of the molecule is CCCC1CCCCN1S(=O)(=O)c1cc(Cl)cc(N)c1C. The van der Waals surface area contributed by atoms with Crippen molar-refractivity contribution in [2.45, 2.75) is 56.9 Å². The number of nitrogens with zero attached hydrogens (tertiary/aromatic N) is 1. The third-order valence-electron chi connectivity index (χ3n) is 4.15. The molecule has 1 saturated heterocycles. The monoisotopic (exact) mass is 330 g/mol. The van der Waals surface area contributed by atoms with Gasteiger partial charge in [-0.05, 0) is 43.9 Å². The molecule has 4 nitrogen and oxygen atoms in total. The van der Waals surface area contributed by atoms with Crippen LogP contribution in [0.5, 0.6) is 0 Å². The molecule has 1 atom stereocenters. The Morgan fingerprint density at radius 3 is 2.76 bits per heavy atom. The molecule has 0 saturated carbocycles. The zero-order chi connectivity index (χ0) is 15.6. The maximum atomic E-state index is 13.0. The van der Waals surface area contributed by atoms with Gasteiger partial charge >= 0.3 is 0 Å². The van der Waals surface area contributed by atoms with Gasteiger partial charge in [0, 0.05) is 23.3 Å². The Hall–Kier alpha value is -0.780. The number of benzene rings is 1. The van der Waals surface area contributed by atoms with Crippen molar-refractivity contribution < 1.29 is 8.42 Å². The number of anilines is 1. The molecule has 1 aliphatic rings. The number of nitrogens with two attached hydrogens (primary N) is 1. The first-order valence-corrected chi connectivity index (χ1v) is 9.27. The molecule has 1 aromatic carbocycles. The highest BCUT2D eigenvalue weighted by molar-refractivity contribution is 7.89. The lowest BCUT2D eigenvalue weighted by Crippen LogP contribution is -2.43. The minimum atomic E-state index is -3.54. The summed E-state index contributed by atoms with van der Waals surface area (Å²) in [6.45, 7) is 4.40. The molecule has 0 aliphatic carbocycles. The van der Waals surface area contributed by atoms with Gasteiger partial charge in [-0.2, -0.15) is 4.31 Å². The Morgan fingerprint density at radius 1 is 1.38 bits per heavy atom. The van der Waals surface area contributed by atoms with Crippen LogP contribution in [0.4, 0.5) is 5.69 Å². The molecule has 1 aromatic rings. The summed E-state index contributed by atoms with van der Waals surface area (Å²) >= 11 is 6.00. The number of halogens is 1. The van der Waals surface area contributed by atoms with Gasteiger partial charge in [0.25, 0.3) is 0 Å². The van der Waals surface area contributed by atoms with Crippen LogP contribution >= 0.6 is 11.6 Å². The van der Waals surface area contributed by atoms with Gasteiger partial charge in [-0.3, -0.25) is 0 Å². The molecule has 0 bridgehead atoms. The quantitative estimate of drug-likeness (QED) is 0.858. The number of nitrogen functional groups attached to an aromatic ring is 1. The number of hydrogen-bond donors (Lipinski definition) is 1. The molecule has 1 aliphatic heterocycles. The normalized spacial score (nSPS) is 20.6. The molecule has 1 heterocycles. The van der Waals surface area contributed by atoms with Crippen LogP contribution in [0.3, 0.4) is 0 Å². The average Bonchev–Trinajstić information content (AvgIpc) is 2.43. The minimum Gasteiger partial charge on any atom is -0.398 e. The summed E-state index contributed by atoms with van der Waals surface area (Å²) in [5.74, 6) is 0. The second kappa shape index (κ2) is 6.55. The van der Waals surface area contributed by atoms with Crippen molar-refractivity contribution in [2.24, 2.45) is 0 Å². The van der Waals surface area contributed by atoms with Gasteiger partial charge in [-0.25, -0.2) is 8.42 Å². The van der Waals surface area contributed by atoms with Crippen molar-refractivity contribution in [3.05, 3.63) is 22.7 Å². The molecule has 1 fully saturated rings. The van der Waals surface area contributed by atoms with Crippen LogP contribution in [0.1, 0.15) is 44.6 Å². The fourth-order valence-corrected chi connectivity index (χ4v) is 5.28. The maximum absolute atomic E-state index is 13.0. The fourth-order valence-electron chi connectivity index (χ4n) is 2.98. The third kappa shape index (κ3) is 3.35. The number of sulfonamides is 1. The van der Waals surface area contributed by atoms with Crippen LogP contribution in [0.25, 0.3) is 0 Å². The number of hydrogen-bond acceptors (Lipinski definition) is 3. The highest BCUT2D eigenvalue weighted by atomic mass is 35.5. The van der Waals surface area contributed by atoms with E-state index < -0.39 is 10.0 Å². The first-order valence-electron chi connectivity index (χ1n) is 7.45. The van der Waals surface area contributed by atoms with Crippen LogP contribution in [0, 0.1) is 6.92 Å². The minimum absolute atomic E-state index is 0.0911. The molecule has 118 valence electrons. The Balaban J connectivity index is 2.45. The van der Waals surface area contributed by atoms with E-state index >= 15 is 0 Å². The number of piperidine rings is 1. The lowest BCUT2D eigenvalue weighted by atomic mass is 10.0. The third-order valence-corrected chi connectivity index (χ3v) is 6.44. The van der Waals surface area contributed by atoms with Crippen molar-refractivity contribution >= 4 is 27.3 Å². The fraction of sp³-hybridized carbons (Fsp3) is 0.600. The Bertz CT molecular complexity index is 614. The van der Waals surface area contributed by atoms with E-state index in [4.69, 9.17) is 17.3 Å². The topological polar surface area (TPSA) is 63.4 Å². The van der Waals surface area contributed by atoms with Crippen LogP contribution < -0.4 is 5.73 Å². The zero-order valence-electron chi connectivity index (χ0n) is 12.6. The summed E-state index contributed by atoms with van der Waals surface area (Å²) in [6.07, 6.45) is 4.81. The molecule has 0 radical (unpaired) electrons. The summed E-state index contributed by atoms with van der Waals surface area (Å²) in [5, 5.41) is 0.362. The average molecular weight is 331 g/mol. The van der Waals surface area contributed by atoms with Gasteiger partial charge in [-0.1, -0.05) is 31.4 Å². The van der Waals surface area contributed by atoms with E-state index in [2.05, 4.69) is 6.92 Å². The van der Waals surface area contributed by atoms with Crippen molar-refractivity contribution in [1.82, 2.24) is 4.31 Å². The lowest BCUT2D eigenvalue weighted by Gasteiger charge is -2.35. The van der Waals surface area contributed by atoms with E-state index in [1.807, 2.05) is 0 Å². The standard InChI is InChI=1S/C15H23ClN2O2S/c1-3-6-13-7-4-5-8-18(13)21(19,20)15-10-12(16)9-14(17)11(15)2/h9-10,13H,3-8,17H2,1-2H3. The summed E-state index contributed by atoms with van der Waals surface area (Å²) < 4.78 is 27.7. The van der Waals surface area contributed by atoms with E-state index in [9.17, 15) is 8.42 Å². The molecule has 2 N–H and O–H groups in total. The van der Waals surface area contributed by atoms with Gasteiger partial charge < -0.3 is 5.73 Å². The highest BCUT2D eigenvalue weighted by Gasteiger charge is 2.34. The predicted molar refractivity (Wildman–Crippen MR) is 87.0 cm³/mol. The van der Waals surface area contributed by atoms with Crippen molar-refractivity contribution in [1.29, 1.82) is 0 Å². The summed E-state index contributed by atoms with van der Waals surface area (Å²) in [5.41, 5.74) is 6.88. The smallest absolute Gasteiger partial charge is 0.243 e. The van der Waals surface area contributed by atoms with Gasteiger partial charge in [-0.15, -0.1) is 0 Å². The van der Waals surface area contributed by atoms with Crippen molar-refractivity contribution in [2.75, 3.05) is 12.3 Å². The maximum Gasteiger partial charge on any atom is 0.243 e. The molecular formula is C15H23ClN2O2S. The molecule has 2 rings (SSSR count). The first kappa shape index (κ1) is 16.6. The molecular weight excluding hydrogens is 308 g/mol. The molecule has 6 heteroatoms. The van der Waals surface area contributed by atoms with Crippen molar-refractivity contribution in [3.63, 3.8) is 0 Å². The van der Waals surface area contributed by atoms with E-state index in [-0.39, 0.29) is 10.9 Å². The number of rotatable bonds is 4. The second-order valence-electron chi connectivity index (χ2n) is 5.67. The van der Waals surface area contributed by atoms with Gasteiger partial charge in [0.2, 0.25) is 10.0 Å². The van der Waals surface area contributed by atoms with E-state index in [1.165, 1.54) is 6.07 Å². The summed E-state index contributed by atoms with van der Waals surface area (Å²) in [4.78, 5) is 0.246. The molecule has 0 aromatic heterocycles. The first-order chi connectivity index (χ1) is 9.87. The highest BCUT2D eigenvalue weighted by Crippen LogP contribution is 2.32. The Morgan fingerprint density at radius 2 is 2.10 bits per heavy atom. The van der Waals surface area contributed by atoms with Crippen LogP contribution in [0.15, 0.2) is 17.0 Å². The van der Waals surface area contributed by atoms with Crippen LogP contribution in [-0.2, 0) is 10.0 Å². The molecule has 1 unspecified atom stereocenters. The Kier molecular flexibility index (Phi) is 5.17. The second-order valence-corrected chi connectivity index (χ2v) is 7.97. The molecule has 0 amide bonds. The van der Waals surface area contributed by atoms with E-state index in [0.717, 1.165) is 32.1 Å². The van der Waals surface area contributed by atoms with Gasteiger partial charge in [0.1, 0.15) is 0 Å². The van der Waals surface area contributed by atoms with Crippen molar-refractivity contribution in [3.8, 4) is 0 Å². The Labute approximate surface area is 132 Å². The zero-order valence-corrected chi connectivity index (χ0v) is 14.2. The van der Waals surface area contributed by atoms with E-state index in [1.54, 1.807) is 17.3 Å². The molecule has 0 spiro atoms. The largest absolute Gasteiger partial charge is 0.398 e.